The number of esters is 1. The number of allylic oxidation sites excluding steroid dienone is 2. The summed E-state index contributed by atoms with van der Waals surface area (Å²) in [6.45, 7) is 4.95. The summed E-state index contributed by atoms with van der Waals surface area (Å²) in [5.41, 5.74) is 0. The van der Waals surface area contributed by atoms with Gasteiger partial charge < -0.3 is 20.3 Å². The van der Waals surface area contributed by atoms with Crippen molar-refractivity contribution in [1.82, 2.24) is 5.32 Å². The fraction of sp³-hybridized carbons (Fsp3) is 0.933. The summed E-state index contributed by atoms with van der Waals surface area (Å²) in [6, 6.07) is -0.538. The van der Waals surface area contributed by atoms with Crippen LogP contribution in [0.4, 0.5) is 0 Å². The normalized spacial score (nSPS) is 12.6. The van der Waals surface area contributed by atoms with Crippen molar-refractivity contribution in [1.29, 1.82) is 0 Å². The summed E-state index contributed by atoms with van der Waals surface area (Å²) < 4.78 is 5.49. The lowest BCUT2D eigenvalue weighted by Gasteiger charge is -2.22. The minimum absolute atomic E-state index is 0.00743. The number of rotatable bonds is 56. The van der Waals surface area contributed by atoms with Gasteiger partial charge in [-0.2, -0.15) is 0 Å². The molecule has 0 aromatic carbocycles. The molecule has 0 aliphatic rings. The molecule has 392 valence electrons. The summed E-state index contributed by atoms with van der Waals surface area (Å²) >= 11 is 0. The molecule has 0 fully saturated rings. The molecular formula is C60H117NO5. The molecular weight excluding hydrogens is 815 g/mol. The first kappa shape index (κ1) is 64.6. The highest BCUT2D eigenvalue weighted by Gasteiger charge is 2.20. The molecule has 0 aliphatic heterocycles. The third-order valence-electron chi connectivity index (χ3n) is 14.1. The Morgan fingerprint density at radius 1 is 0.409 bits per heavy atom. The molecule has 0 spiro atoms. The minimum atomic E-state index is -0.661. The molecule has 0 heterocycles. The van der Waals surface area contributed by atoms with E-state index in [2.05, 4.69) is 31.3 Å². The molecule has 0 aromatic heterocycles. The van der Waals surface area contributed by atoms with Crippen molar-refractivity contribution in [2.45, 2.75) is 347 Å². The first-order valence-corrected chi connectivity index (χ1v) is 29.9. The average Bonchev–Trinajstić information content (AvgIpc) is 3.32. The van der Waals surface area contributed by atoms with Crippen LogP contribution in [-0.2, 0) is 14.3 Å². The molecule has 66 heavy (non-hydrogen) atoms. The maximum atomic E-state index is 12.4. The van der Waals surface area contributed by atoms with E-state index >= 15 is 0 Å². The van der Waals surface area contributed by atoms with E-state index in [4.69, 9.17) is 4.74 Å². The number of carbonyl (C=O) groups excluding carboxylic acids is 2. The highest BCUT2D eigenvalue weighted by atomic mass is 16.5. The number of aliphatic hydroxyl groups excluding tert-OH is 2. The number of amides is 1. The van der Waals surface area contributed by atoms with E-state index in [1.807, 2.05) is 0 Å². The van der Waals surface area contributed by atoms with Crippen LogP contribution in [0.1, 0.15) is 335 Å². The van der Waals surface area contributed by atoms with E-state index < -0.39 is 12.1 Å². The number of nitrogens with one attached hydrogen (secondary N) is 1. The Balaban J connectivity index is 3.34. The number of hydrogen-bond acceptors (Lipinski definition) is 5. The Kier molecular flexibility index (Phi) is 55.0. The number of ether oxygens (including phenoxy) is 1. The van der Waals surface area contributed by atoms with Gasteiger partial charge in [-0.1, -0.05) is 283 Å². The molecule has 6 heteroatoms. The van der Waals surface area contributed by atoms with Gasteiger partial charge in [0.15, 0.2) is 0 Å². The molecule has 1 amide bonds. The highest BCUT2D eigenvalue weighted by Crippen LogP contribution is 2.18. The van der Waals surface area contributed by atoms with Crippen LogP contribution in [0.5, 0.6) is 0 Å². The van der Waals surface area contributed by atoms with Crippen molar-refractivity contribution in [2.75, 3.05) is 13.2 Å². The zero-order chi connectivity index (χ0) is 47.9. The highest BCUT2D eigenvalue weighted by molar-refractivity contribution is 5.76. The molecule has 0 rings (SSSR count). The van der Waals surface area contributed by atoms with Crippen molar-refractivity contribution in [3.63, 3.8) is 0 Å². The number of carbonyl (C=O) groups is 2. The standard InChI is InChI=1S/C60H117NO5/c1-3-5-7-9-11-13-15-16-17-28-31-34-38-42-46-50-54-60(65)66-55-51-47-43-39-35-32-29-26-24-22-20-18-19-21-23-25-27-30-33-37-41-45-49-53-59(64)61-57(56-62)58(63)52-48-44-40-36-14-12-10-8-6-4-2/h17,28,57-58,62-63H,3-16,18-27,29-56H2,1-2H3,(H,61,64)/b28-17-. The number of aliphatic hydroxyl groups is 2. The molecule has 3 N–H and O–H groups in total. The monoisotopic (exact) mass is 932 g/mol. The van der Waals surface area contributed by atoms with Crippen molar-refractivity contribution < 1.29 is 24.5 Å². The van der Waals surface area contributed by atoms with Gasteiger partial charge >= 0.3 is 5.97 Å². The van der Waals surface area contributed by atoms with Crippen molar-refractivity contribution in [3.05, 3.63) is 12.2 Å². The predicted octanol–water partition coefficient (Wildman–Crippen LogP) is 18.5. The van der Waals surface area contributed by atoms with Gasteiger partial charge in [0, 0.05) is 12.8 Å². The number of unbranched alkanes of at least 4 members (excludes halogenated alkanes) is 43. The van der Waals surface area contributed by atoms with Crippen molar-refractivity contribution in [3.8, 4) is 0 Å². The summed E-state index contributed by atoms with van der Waals surface area (Å²) in [7, 11) is 0. The second-order valence-electron chi connectivity index (χ2n) is 20.7. The van der Waals surface area contributed by atoms with Gasteiger partial charge in [0.25, 0.3) is 0 Å². The van der Waals surface area contributed by atoms with Gasteiger partial charge in [-0.3, -0.25) is 9.59 Å². The summed E-state index contributed by atoms with van der Waals surface area (Å²) in [5, 5.41) is 23.1. The lowest BCUT2D eigenvalue weighted by molar-refractivity contribution is -0.143. The first-order valence-electron chi connectivity index (χ1n) is 29.9. The second kappa shape index (κ2) is 56.2. The molecule has 0 saturated heterocycles. The van der Waals surface area contributed by atoms with E-state index in [-0.39, 0.29) is 18.5 Å². The van der Waals surface area contributed by atoms with E-state index in [9.17, 15) is 19.8 Å². The van der Waals surface area contributed by atoms with Crippen LogP contribution in [0.25, 0.3) is 0 Å². The zero-order valence-corrected chi connectivity index (χ0v) is 44.7. The van der Waals surface area contributed by atoms with Crippen LogP contribution in [0.2, 0.25) is 0 Å². The van der Waals surface area contributed by atoms with E-state index in [1.54, 1.807) is 0 Å². The predicted molar refractivity (Wildman–Crippen MR) is 287 cm³/mol. The van der Waals surface area contributed by atoms with E-state index in [0.717, 1.165) is 44.9 Å². The molecule has 0 saturated carbocycles. The third-order valence-corrected chi connectivity index (χ3v) is 14.1. The lowest BCUT2D eigenvalue weighted by Crippen LogP contribution is -2.45. The van der Waals surface area contributed by atoms with Gasteiger partial charge in [-0.05, 0) is 51.4 Å². The maximum Gasteiger partial charge on any atom is 0.305 e. The van der Waals surface area contributed by atoms with Crippen LogP contribution in [-0.4, -0.2) is 47.4 Å². The Labute approximate surface area is 412 Å². The zero-order valence-electron chi connectivity index (χ0n) is 44.7. The molecule has 2 atom stereocenters. The van der Waals surface area contributed by atoms with Crippen LogP contribution in [0.15, 0.2) is 12.2 Å². The van der Waals surface area contributed by atoms with Gasteiger partial charge in [0.2, 0.25) is 5.91 Å². The first-order chi connectivity index (χ1) is 32.5. The van der Waals surface area contributed by atoms with Crippen LogP contribution < -0.4 is 5.32 Å². The van der Waals surface area contributed by atoms with E-state index in [0.29, 0.717) is 25.9 Å². The van der Waals surface area contributed by atoms with Gasteiger partial charge in [0.05, 0.1) is 25.4 Å². The lowest BCUT2D eigenvalue weighted by atomic mass is 10.0. The molecule has 0 aromatic rings. The largest absolute Gasteiger partial charge is 0.466 e. The molecule has 6 nitrogen and oxygen atoms in total. The van der Waals surface area contributed by atoms with Crippen LogP contribution in [0, 0.1) is 0 Å². The topological polar surface area (TPSA) is 95.9 Å². The molecule has 2 unspecified atom stereocenters. The third kappa shape index (κ3) is 52.0. The van der Waals surface area contributed by atoms with Crippen LogP contribution >= 0.6 is 0 Å². The second-order valence-corrected chi connectivity index (χ2v) is 20.7. The van der Waals surface area contributed by atoms with Crippen molar-refractivity contribution >= 4 is 11.9 Å². The SMILES string of the molecule is CCCCCCCCC/C=C\CCCCCCCC(=O)OCCCCCCCCCCCCCCCCCCCCCCCCCC(=O)NC(CO)C(O)CCCCCCCCCCCC. The quantitative estimate of drug-likeness (QED) is 0.0321. The smallest absolute Gasteiger partial charge is 0.305 e. The Hall–Kier alpha value is -1.40. The Morgan fingerprint density at radius 2 is 0.712 bits per heavy atom. The van der Waals surface area contributed by atoms with Crippen molar-refractivity contribution in [2.24, 2.45) is 0 Å². The molecule has 0 aliphatic carbocycles. The summed E-state index contributed by atoms with van der Waals surface area (Å²) in [4.78, 5) is 24.5. The Morgan fingerprint density at radius 3 is 1.08 bits per heavy atom. The summed E-state index contributed by atoms with van der Waals surface area (Å²) in [5.74, 6) is -0.0275. The summed E-state index contributed by atoms with van der Waals surface area (Å²) in [6.07, 6.45) is 66.5. The maximum absolute atomic E-state index is 12.4. The minimum Gasteiger partial charge on any atom is -0.466 e. The van der Waals surface area contributed by atoms with E-state index in [1.165, 1.54) is 257 Å². The van der Waals surface area contributed by atoms with Gasteiger partial charge in [-0.25, -0.2) is 0 Å². The Bertz CT molecular complexity index is 986. The average molecular weight is 933 g/mol. The molecule has 0 radical (unpaired) electrons. The van der Waals surface area contributed by atoms with Crippen LogP contribution in [0.3, 0.4) is 0 Å². The van der Waals surface area contributed by atoms with Gasteiger partial charge in [-0.15, -0.1) is 0 Å². The van der Waals surface area contributed by atoms with Gasteiger partial charge in [0.1, 0.15) is 0 Å². The fourth-order valence-corrected chi connectivity index (χ4v) is 9.46. The fourth-order valence-electron chi connectivity index (χ4n) is 9.46. The molecule has 0 bridgehead atoms. The number of hydrogen-bond donors (Lipinski definition) is 3.